The Morgan fingerprint density at radius 1 is 0.667 bits per heavy atom. The molecule has 172 valence electrons. The Balaban J connectivity index is 1.97. The molecule has 0 saturated heterocycles. The lowest BCUT2D eigenvalue weighted by Gasteiger charge is -2.21. The average molecular weight is 418 g/mol. The zero-order valence-electron chi connectivity index (χ0n) is 19.9. The number of hydrogen-bond acceptors (Lipinski definition) is 2. The van der Waals surface area contributed by atoms with Gasteiger partial charge in [0.1, 0.15) is 0 Å². The predicted octanol–water partition coefficient (Wildman–Crippen LogP) is 8.91. The smallest absolute Gasteiger partial charge is 0.414 e. The van der Waals surface area contributed by atoms with Crippen molar-refractivity contribution < 1.29 is 9.53 Å². The summed E-state index contributed by atoms with van der Waals surface area (Å²) in [7, 11) is 0. The molecule has 0 fully saturated rings. The van der Waals surface area contributed by atoms with Crippen molar-refractivity contribution in [3.8, 4) is 0 Å². The number of ether oxygens (including phenoxy) is 1. The van der Waals surface area contributed by atoms with E-state index in [1.165, 1.54) is 96.3 Å². The molecular formula is C27H47NO2. The first kappa shape index (κ1) is 26.5. The third-order valence-corrected chi connectivity index (χ3v) is 5.79. The molecular weight excluding hydrogens is 370 g/mol. The number of benzene rings is 1. The fourth-order valence-electron chi connectivity index (χ4n) is 3.95. The fraction of sp³-hybridized carbons (Fsp3) is 0.741. The van der Waals surface area contributed by atoms with Crippen molar-refractivity contribution in [1.82, 2.24) is 0 Å². The summed E-state index contributed by atoms with van der Waals surface area (Å²) < 4.78 is 5.22. The van der Waals surface area contributed by atoms with Gasteiger partial charge in [0.25, 0.3) is 0 Å². The van der Waals surface area contributed by atoms with Crippen molar-refractivity contribution in [2.45, 2.75) is 117 Å². The molecule has 1 aromatic carbocycles. The number of hydrogen-bond donors (Lipinski definition) is 0. The molecule has 1 aromatic rings. The molecule has 0 saturated carbocycles. The summed E-state index contributed by atoms with van der Waals surface area (Å²) in [4.78, 5) is 14.0. The summed E-state index contributed by atoms with van der Waals surface area (Å²) in [6, 6.07) is 9.86. The summed E-state index contributed by atoms with van der Waals surface area (Å²) in [6.07, 6.45) is 21.5. The molecule has 1 rings (SSSR count). The van der Waals surface area contributed by atoms with Gasteiger partial charge in [-0.2, -0.15) is 0 Å². The normalized spacial score (nSPS) is 10.9. The maximum absolute atomic E-state index is 12.2. The summed E-state index contributed by atoms with van der Waals surface area (Å²) in [5.74, 6) is 0. The second-order valence-corrected chi connectivity index (χ2v) is 8.49. The standard InChI is InChI=1S/C27H47NO2/c1-3-5-6-7-8-9-10-11-12-13-14-15-16-17-18-22-25-28(27(29)30-4-2)26-23-20-19-21-24-26/h19-21,23-24H,3-18,22,25H2,1-2H3. The van der Waals surface area contributed by atoms with Crippen LogP contribution in [0.2, 0.25) is 0 Å². The molecule has 0 unspecified atom stereocenters. The molecule has 0 aliphatic rings. The minimum absolute atomic E-state index is 0.232. The van der Waals surface area contributed by atoms with Gasteiger partial charge in [-0.1, -0.05) is 121 Å². The van der Waals surface area contributed by atoms with E-state index in [1.807, 2.05) is 37.3 Å². The van der Waals surface area contributed by atoms with Gasteiger partial charge in [0.2, 0.25) is 0 Å². The quantitative estimate of drug-likeness (QED) is 0.210. The number of rotatable bonds is 19. The van der Waals surface area contributed by atoms with Crippen LogP contribution in [0.4, 0.5) is 10.5 Å². The first-order valence-corrected chi connectivity index (χ1v) is 12.8. The molecule has 30 heavy (non-hydrogen) atoms. The average Bonchev–Trinajstić information content (AvgIpc) is 2.76. The summed E-state index contributed by atoms with van der Waals surface area (Å²) in [5.41, 5.74) is 0.928. The molecule has 1 amide bonds. The first-order chi connectivity index (χ1) is 14.8. The Labute approximate surface area is 186 Å². The van der Waals surface area contributed by atoms with Crippen LogP contribution in [0.25, 0.3) is 0 Å². The lowest BCUT2D eigenvalue weighted by Crippen LogP contribution is -2.32. The van der Waals surface area contributed by atoms with Crippen molar-refractivity contribution >= 4 is 11.8 Å². The maximum atomic E-state index is 12.2. The molecule has 0 aliphatic heterocycles. The highest BCUT2D eigenvalue weighted by atomic mass is 16.6. The van der Waals surface area contributed by atoms with Gasteiger partial charge in [-0.25, -0.2) is 4.79 Å². The van der Waals surface area contributed by atoms with Crippen LogP contribution in [0.1, 0.15) is 117 Å². The van der Waals surface area contributed by atoms with E-state index in [9.17, 15) is 4.79 Å². The topological polar surface area (TPSA) is 29.5 Å². The van der Waals surface area contributed by atoms with Crippen molar-refractivity contribution in [2.75, 3.05) is 18.1 Å². The molecule has 0 N–H and O–H groups in total. The van der Waals surface area contributed by atoms with Crippen molar-refractivity contribution in [2.24, 2.45) is 0 Å². The minimum Gasteiger partial charge on any atom is -0.449 e. The minimum atomic E-state index is -0.232. The van der Waals surface area contributed by atoms with E-state index in [0.717, 1.165) is 18.7 Å². The Hall–Kier alpha value is -1.51. The fourth-order valence-corrected chi connectivity index (χ4v) is 3.95. The third-order valence-electron chi connectivity index (χ3n) is 5.79. The van der Waals surface area contributed by atoms with Gasteiger partial charge in [-0.3, -0.25) is 4.90 Å². The lowest BCUT2D eigenvalue weighted by atomic mass is 10.0. The number of carbonyl (C=O) groups excluding carboxylic acids is 1. The number of para-hydroxylation sites is 1. The molecule has 3 heteroatoms. The maximum Gasteiger partial charge on any atom is 0.414 e. The largest absolute Gasteiger partial charge is 0.449 e. The van der Waals surface area contributed by atoms with Gasteiger partial charge in [0.05, 0.1) is 6.61 Å². The van der Waals surface area contributed by atoms with Crippen LogP contribution in [0.15, 0.2) is 30.3 Å². The Bertz CT molecular complexity index is 503. The third kappa shape index (κ3) is 13.7. The second-order valence-electron chi connectivity index (χ2n) is 8.49. The van der Waals surface area contributed by atoms with Gasteiger partial charge in [0.15, 0.2) is 0 Å². The van der Waals surface area contributed by atoms with Crippen molar-refractivity contribution in [1.29, 1.82) is 0 Å². The van der Waals surface area contributed by atoms with Crippen LogP contribution < -0.4 is 4.90 Å². The van der Waals surface area contributed by atoms with E-state index < -0.39 is 0 Å². The highest BCUT2D eigenvalue weighted by molar-refractivity contribution is 5.87. The van der Waals surface area contributed by atoms with E-state index in [1.54, 1.807) is 4.90 Å². The van der Waals surface area contributed by atoms with E-state index in [0.29, 0.717) is 6.61 Å². The van der Waals surface area contributed by atoms with E-state index in [2.05, 4.69) is 6.92 Å². The summed E-state index contributed by atoms with van der Waals surface area (Å²) in [5, 5.41) is 0. The van der Waals surface area contributed by atoms with Crippen LogP contribution in [0.5, 0.6) is 0 Å². The van der Waals surface area contributed by atoms with Crippen LogP contribution >= 0.6 is 0 Å². The molecule has 3 nitrogen and oxygen atoms in total. The first-order valence-electron chi connectivity index (χ1n) is 12.8. The highest BCUT2D eigenvalue weighted by Gasteiger charge is 2.15. The Morgan fingerprint density at radius 3 is 1.53 bits per heavy atom. The van der Waals surface area contributed by atoms with Crippen LogP contribution in [0.3, 0.4) is 0 Å². The molecule has 0 radical (unpaired) electrons. The number of amides is 1. The number of carbonyl (C=O) groups is 1. The molecule has 0 aromatic heterocycles. The molecule has 0 spiro atoms. The SMILES string of the molecule is CCCCCCCCCCCCCCCCCCN(C(=O)OCC)c1ccccc1. The van der Waals surface area contributed by atoms with Crippen LogP contribution in [-0.2, 0) is 4.74 Å². The van der Waals surface area contributed by atoms with Gasteiger partial charge in [-0.15, -0.1) is 0 Å². The molecule has 0 aliphatic carbocycles. The zero-order chi connectivity index (χ0) is 21.7. The van der Waals surface area contributed by atoms with Crippen LogP contribution in [-0.4, -0.2) is 19.2 Å². The van der Waals surface area contributed by atoms with Crippen LogP contribution in [0, 0.1) is 0 Å². The summed E-state index contributed by atoms with van der Waals surface area (Å²) >= 11 is 0. The number of anilines is 1. The van der Waals surface area contributed by atoms with Gasteiger partial charge >= 0.3 is 6.09 Å². The van der Waals surface area contributed by atoms with Gasteiger partial charge in [-0.05, 0) is 25.5 Å². The Morgan fingerprint density at radius 2 is 1.10 bits per heavy atom. The molecule has 0 atom stereocenters. The van der Waals surface area contributed by atoms with E-state index >= 15 is 0 Å². The van der Waals surface area contributed by atoms with E-state index in [4.69, 9.17) is 4.74 Å². The van der Waals surface area contributed by atoms with E-state index in [-0.39, 0.29) is 6.09 Å². The number of nitrogens with zero attached hydrogens (tertiary/aromatic N) is 1. The molecule has 0 heterocycles. The lowest BCUT2D eigenvalue weighted by molar-refractivity contribution is 0.159. The second kappa shape index (κ2) is 19.5. The van der Waals surface area contributed by atoms with Crippen molar-refractivity contribution in [3.63, 3.8) is 0 Å². The Kier molecular flexibility index (Phi) is 17.2. The predicted molar refractivity (Wildman–Crippen MR) is 130 cm³/mol. The van der Waals surface area contributed by atoms with Gasteiger partial charge < -0.3 is 4.74 Å². The monoisotopic (exact) mass is 417 g/mol. The van der Waals surface area contributed by atoms with Gasteiger partial charge in [0, 0.05) is 12.2 Å². The molecule has 0 bridgehead atoms. The summed E-state index contributed by atoms with van der Waals surface area (Å²) in [6.45, 7) is 5.30. The van der Waals surface area contributed by atoms with Crippen molar-refractivity contribution in [3.05, 3.63) is 30.3 Å². The highest BCUT2D eigenvalue weighted by Crippen LogP contribution is 2.17. The number of unbranched alkanes of at least 4 members (excludes halogenated alkanes) is 15. The zero-order valence-corrected chi connectivity index (χ0v) is 19.9.